The van der Waals surface area contributed by atoms with E-state index in [1.165, 1.54) is 25.3 Å². The number of methoxy groups -OCH3 is 1. The van der Waals surface area contributed by atoms with Gasteiger partial charge < -0.3 is 15.0 Å². The highest BCUT2D eigenvalue weighted by molar-refractivity contribution is 5.94. The van der Waals surface area contributed by atoms with E-state index in [0.717, 1.165) is 18.4 Å². The van der Waals surface area contributed by atoms with E-state index in [2.05, 4.69) is 15.3 Å². The van der Waals surface area contributed by atoms with E-state index >= 15 is 0 Å². The van der Waals surface area contributed by atoms with Crippen LogP contribution in [0.4, 0.5) is 4.39 Å². The summed E-state index contributed by atoms with van der Waals surface area (Å²) < 4.78 is 18.6. The SMILES string of the molecule is COc1cccc(C(=O)N[C@H](Cc2cc(=O)[nH]c(C3CC3)n2)c2ccc(F)cc2)c1. The van der Waals surface area contributed by atoms with Crippen molar-refractivity contribution in [3.8, 4) is 5.75 Å². The lowest BCUT2D eigenvalue weighted by molar-refractivity contribution is 0.0936. The van der Waals surface area contributed by atoms with Gasteiger partial charge in [0.15, 0.2) is 0 Å². The van der Waals surface area contributed by atoms with Gasteiger partial charge in [-0.05, 0) is 48.7 Å². The van der Waals surface area contributed by atoms with Crippen LogP contribution >= 0.6 is 0 Å². The first kappa shape index (κ1) is 19.8. The van der Waals surface area contributed by atoms with Crippen LogP contribution in [0.3, 0.4) is 0 Å². The number of benzene rings is 2. The summed E-state index contributed by atoms with van der Waals surface area (Å²) in [6.07, 6.45) is 2.34. The molecule has 0 unspecified atom stereocenters. The molecule has 2 aromatic carbocycles. The highest BCUT2D eigenvalue weighted by atomic mass is 19.1. The molecule has 1 aliphatic rings. The molecule has 30 heavy (non-hydrogen) atoms. The lowest BCUT2D eigenvalue weighted by Crippen LogP contribution is -2.30. The van der Waals surface area contributed by atoms with Gasteiger partial charge in [-0.2, -0.15) is 0 Å². The number of aromatic amines is 1. The van der Waals surface area contributed by atoms with Crippen LogP contribution in [0.2, 0.25) is 0 Å². The molecule has 0 spiro atoms. The summed E-state index contributed by atoms with van der Waals surface area (Å²) in [6.45, 7) is 0. The molecule has 7 heteroatoms. The molecule has 1 heterocycles. The Morgan fingerprint density at radius 2 is 2.00 bits per heavy atom. The zero-order valence-corrected chi connectivity index (χ0v) is 16.5. The molecule has 0 bridgehead atoms. The predicted octanol–water partition coefficient (Wildman–Crippen LogP) is 3.51. The van der Waals surface area contributed by atoms with Gasteiger partial charge in [0.25, 0.3) is 11.5 Å². The maximum Gasteiger partial charge on any atom is 0.251 e. The Hall–Kier alpha value is -3.48. The molecule has 1 aliphatic carbocycles. The van der Waals surface area contributed by atoms with E-state index in [9.17, 15) is 14.0 Å². The van der Waals surface area contributed by atoms with Gasteiger partial charge in [-0.1, -0.05) is 18.2 Å². The van der Waals surface area contributed by atoms with E-state index in [1.54, 1.807) is 36.4 Å². The monoisotopic (exact) mass is 407 g/mol. The molecule has 4 rings (SSSR count). The summed E-state index contributed by atoms with van der Waals surface area (Å²) in [5.41, 5.74) is 1.54. The van der Waals surface area contributed by atoms with Gasteiger partial charge in [-0.3, -0.25) is 9.59 Å². The van der Waals surface area contributed by atoms with Crippen molar-refractivity contribution in [1.82, 2.24) is 15.3 Å². The molecular weight excluding hydrogens is 385 g/mol. The van der Waals surface area contributed by atoms with Crippen LogP contribution in [0.5, 0.6) is 5.75 Å². The lowest BCUT2D eigenvalue weighted by Gasteiger charge is -2.19. The number of nitrogens with zero attached hydrogens (tertiary/aromatic N) is 1. The second-order valence-electron chi connectivity index (χ2n) is 7.41. The van der Waals surface area contributed by atoms with Crippen LogP contribution in [0.1, 0.15) is 52.2 Å². The summed E-state index contributed by atoms with van der Waals surface area (Å²) in [6, 6.07) is 13.7. The van der Waals surface area contributed by atoms with Crippen LogP contribution in [0, 0.1) is 5.82 Å². The molecule has 1 aromatic heterocycles. The minimum Gasteiger partial charge on any atom is -0.497 e. The van der Waals surface area contributed by atoms with Crippen molar-refractivity contribution in [2.24, 2.45) is 0 Å². The normalized spacial score (nSPS) is 14.2. The number of hydrogen-bond acceptors (Lipinski definition) is 4. The Kier molecular flexibility index (Phi) is 5.61. The molecule has 154 valence electrons. The summed E-state index contributed by atoms with van der Waals surface area (Å²) in [5.74, 6) is 0.909. The molecule has 1 amide bonds. The number of nitrogens with one attached hydrogen (secondary N) is 2. The first-order chi connectivity index (χ1) is 14.5. The van der Waals surface area contributed by atoms with Crippen molar-refractivity contribution in [3.05, 3.63) is 93.4 Å². The van der Waals surface area contributed by atoms with Crippen molar-refractivity contribution in [1.29, 1.82) is 0 Å². The summed E-state index contributed by atoms with van der Waals surface area (Å²) >= 11 is 0. The van der Waals surface area contributed by atoms with Gasteiger partial charge in [-0.15, -0.1) is 0 Å². The molecule has 6 nitrogen and oxygen atoms in total. The molecule has 2 N–H and O–H groups in total. The Morgan fingerprint density at radius 3 is 2.70 bits per heavy atom. The highest BCUT2D eigenvalue weighted by Crippen LogP contribution is 2.37. The standard InChI is InChI=1S/C23H22FN3O3/c1-30-19-4-2-3-16(11-19)23(29)26-20(14-7-9-17(24)10-8-14)12-18-13-21(28)27-22(25-18)15-5-6-15/h2-4,7-11,13,15,20H,5-6,12H2,1H3,(H,26,29)(H,25,27,28)/t20-/m1/s1. The first-order valence-electron chi connectivity index (χ1n) is 9.82. The molecule has 0 saturated heterocycles. The minimum atomic E-state index is -0.481. The van der Waals surface area contributed by atoms with Crippen molar-refractivity contribution < 1.29 is 13.9 Å². The number of aromatic nitrogens is 2. The number of carbonyl (C=O) groups is 1. The third-order valence-corrected chi connectivity index (χ3v) is 5.10. The molecule has 0 aliphatic heterocycles. The molecule has 3 aromatic rings. The fraction of sp³-hybridized carbons (Fsp3) is 0.261. The minimum absolute atomic E-state index is 0.209. The van der Waals surface area contributed by atoms with Crippen LogP contribution in [-0.4, -0.2) is 23.0 Å². The number of halogens is 1. The summed E-state index contributed by atoms with van der Waals surface area (Å²) in [4.78, 5) is 32.3. The van der Waals surface area contributed by atoms with E-state index in [-0.39, 0.29) is 17.3 Å². The van der Waals surface area contributed by atoms with Gasteiger partial charge >= 0.3 is 0 Å². The largest absolute Gasteiger partial charge is 0.497 e. The van der Waals surface area contributed by atoms with E-state index in [1.807, 2.05) is 0 Å². The number of hydrogen-bond donors (Lipinski definition) is 2. The maximum atomic E-state index is 13.4. The number of H-pyrrole nitrogens is 1. The number of carbonyl (C=O) groups excluding carboxylic acids is 1. The van der Waals surface area contributed by atoms with Gasteiger partial charge in [0.1, 0.15) is 17.4 Å². The van der Waals surface area contributed by atoms with Crippen molar-refractivity contribution in [2.45, 2.75) is 31.2 Å². The third kappa shape index (κ3) is 4.74. The van der Waals surface area contributed by atoms with Crippen LogP contribution in [-0.2, 0) is 6.42 Å². The average Bonchev–Trinajstić information content (AvgIpc) is 3.59. The number of rotatable bonds is 7. The zero-order chi connectivity index (χ0) is 21.1. The van der Waals surface area contributed by atoms with Gasteiger partial charge in [0, 0.05) is 24.0 Å². The Labute approximate surface area is 173 Å². The van der Waals surface area contributed by atoms with Gasteiger partial charge in [0.2, 0.25) is 0 Å². The van der Waals surface area contributed by atoms with Crippen LogP contribution in [0.25, 0.3) is 0 Å². The Balaban J connectivity index is 1.62. The van der Waals surface area contributed by atoms with Gasteiger partial charge in [0.05, 0.1) is 18.8 Å². The Bertz CT molecular complexity index is 1110. The quantitative estimate of drug-likeness (QED) is 0.628. The molecule has 1 atom stereocenters. The second kappa shape index (κ2) is 8.49. The maximum absolute atomic E-state index is 13.4. The first-order valence-corrected chi connectivity index (χ1v) is 9.82. The summed E-state index contributed by atoms with van der Waals surface area (Å²) in [5, 5.41) is 2.98. The third-order valence-electron chi connectivity index (χ3n) is 5.10. The van der Waals surface area contributed by atoms with Gasteiger partial charge in [-0.25, -0.2) is 9.37 Å². The van der Waals surface area contributed by atoms with Crippen molar-refractivity contribution in [2.75, 3.05) is 7.11 Å². The van der Waals surface area contributed by atoms with Crippen LogP contribution < -0.4 is 15.6 Å². The topological polar surface area (TPSA) is 84.1 Å². The smallest absolute Gasteiger partial charge is 0.251 e. The highest BCUT2D eigenvalue weighted by Gasteiger charge is 2.27. The fourth-order valence-corrected chi connectivity index (χ4v) is 3.35. The second-order valence-corrected chi connectivity index (χ2v) is 7.41. The summed E-state index contributed by atoms with van der Waals surface area (Å²) in [7, 11) is 1.54. The number of amides is 1. The fourth-order valence-electron chi connectivity index (χ4n) is 3.35. The van der Waals surface area contributed by atoms with Crippen molar-refractivity contribution >= 4 is 5.91 Å². The molecule has 1 fully saturated rings. The van der Waals surface area contributed by atoms with Crippen LogP contribution in [0.15, 0.2) is 59.4 Å². The molecule has 1 saturated carbocycles. The van der Waals surface area contributed by atoms with E-state index < -0.39 is 6.04 Å². The molecular formula is C23H22FN3O3. The number of ether oxygens (including phenoxy) is 1. The lowest BCUT2D eigenvalue weighted by atomic mass is 10.0. The predicted molar refractivity (Wildman–Crippen MR) is 110 cm³/mol. The average molecular weight is 407 g/mol. The van der Waals surface area contributed by atoms with E-state index in [0.29, 0.717) is 35.2 Å². The van der Waals surface area contributed by atoms with E-state index in [4.69, 9.17) is 4.74 Å². The molecule has 0 radical (unpaired) electrons. The Morgan fingerprint density at radius 1 is 1.23 bits per heavy atom. The van der Waals surface area contributed by atoms with Crippen molar-refractivity contribution in [3.63, 3.8) is 0 Å². The zero-order valence-electron chi connectivity index (χ0n) is 16.5.